The van der Waals surface area contributed by atoms with Crippen molar-refractivity contribution in [2.75, 3.05) is 19.3 Å². The topological polar surface area (TPSA) is 167 Å². The third-order valence-corrected chi connectivity index (χ3v) is 9.04. The molecule has 2 aliphatic heterocycles. The Kier molecular flexibility index (Phi) is 8.34. The van der Waals surface area contributed by atoms with Crippen LogP contribution in [0, 0.1) is 0 Å². The SMILES string of the molecule is CS(=O)(=O)c1ccccc1C(=O)N1CC(=O)[C@@H]2[C@H]1CCN2C(=O)[C@H](Cc1ccc(O)cc1)NC(=O)c1cccc(CN)c1. The quantitative estimate of drug-likeness (QED) is 0.346. The maximum absolute atomic E-state index is 14.0. The number of phenolic OH excluding ortho intramolecular Hbond substituents is 1. The molecule has 12 heteroatoms. The molecule has 0 aromatic heterocycles. The minimum absolute atomic E-state index is 0.0274. The zero-order valence-corrected chi connectivity index (χ0v) is 24.3. The number of sulfone groups is 1. The smallest absolute Gasteiger partial charge is 0.255 e. The molecule has 4 N–H and O–H groups in total. The van der Waals surface area contributed by atoms with E-state index in [4.69, 9.17) is 5.73 Å². The van der Waals surface area contributed by atoms with E-state index in [-0.39, 0.29) is 48.0 Å². The van der Waals surface area contributed by atoms with Crippen LogP contribution in [0.4, 0.5) is 0 Å². The molecule has 2 aliphatic rings. The molecule has 0 aliphatic carbocycles. The van der Waals surface area contributed by atoms with Gasteiger partial charge in [0.1, 0.15) is 17.8 Å². The van der Waals surface area contributed by atoms with Crippen LogP contribution in [-0.2, 0) is 32.4 Å². The Balaban J connectivity index is 1.41. The summed E-state index contributed by atoms with van der Waals surface area (Å²) in [5.41, 5.74) is 7.44. The Bertz CT molecular complexity index is 1690. The van der Waals surface area contributed by atoms with E-state index in [0.717, 1.165) is 11.8 Å². The molecular weight excluding hydrogens is 572 g/mol. The minimum atomic E-state index is -3.71. The van der Waals surface area contributed by atoms with Crippen molar-refractivity contribution in [3.63, 3.8) is 0 Å². The number of ketones is 1. The number of fused-ring (bicyclic) bond motifs is 1. The second-order valence-electron chi connectivity index (χ2n) is 10.8. The van der Waals surface area contributed by atoms with Gasteiger partial charge in [0, 0.05) is 31.3 Å². The van der Waals surface area contributed by atoms with Crippen molar-refractivity contribution < 1.29 is 32.7 Å². The summed E-state index contributed by atoms with van der Waals surface area (Å²) in [4.78, 5) is 56.8. The number of amides is 3. The van der Waals surface area contributed by atoms with E-state index in [1.165, 1.54) is 40.1 Å². The van der Waals surface area contributed by atoms with E-state index in [9.17, 15) is 32.7 Å². The summed E-state index contributed by atoms with van der Waals surface area (Å²) in [7, 11) is -3.71. The second-order valence-corrected chi connectivity index (χ2v) is 12.8. The van der Waals surface area contributed by atoms with E-state index in [1.807, 2.05) is 0 Å². The highest BCUT2D eigenvalue weighted by Gasteiger charge is 2.52. The average Bonchev–Trinajstić information content (AvgIpc) is 3.58. The second kappa shape index (κ2) is 12.0. The van der Waals surface area contributed by atoms with Crippen molar-refractivity contribution in [1.29, 1.82) is 0 Å². The molecule has 5 rings (SSSR count). The Morgan fingerprint density at radius 2 is 1.72 bits per heavy atom. The first-order valence-corrected chi connectivity index (χ1v) is 15.7. The summed E-state index contributed by atoms with van der Waals surface area (Å²) in [6.07, 6.45) is 1.42. The van der Waals surface area contributed by atoms with Crippen LogP contribution in [0.25, 0.3) is 0 Å². The van der Waals surface area contributed by atoms with E-state index in [1.54, 1.807) is 42.5 Å². The van der Waals surface area contributed by atoms with Crippen LogP contribution >= 0.6 is 0 Å². The van der Waals surface area contributed by atoms with Crippen LogP contribution in [0.1, 0.15) is 38.3 Å². The van der Waals surface area contributed by atoms with Crippen LogP contribution < -0.4 is 11.1 Å². The van der Waals surface area contributed by atoms with Crippen LogP contribution in [0.3, 0.4) is 0 Å². The lowest BCUT2D eigenvalue weighted by molar-refractivity contribution is -0.138. The lowest BCUT2D eigenvalue weighted by Gasteiger charge is -2.28. The van der Waals surface area contributed by atoms with Crippen molar-refractivity contribution in [3.05, 3.63) is 95.1 Å². The number of likely N-dealkylation sites (tertiary alicyclic amines) is 2. The van der Waals surface area contributed by atoms with Crippen molar-refractivity contribution in [2.45, 2.75) is 42.4 Å². The number of nitrogens with one attached hydrogen (secondary N) is 1. The standard InChI is InChI=1S/C31H32N4O7S/c1-43(41,42)27-8-3-2-7-23(27)30(39)35-18-26(37)28-25(35)13-14-34(28)31(40)24(16-19-9-11-22(36)12-10-19)33-29(38)21-6-4-5-20(15-21)17-32/h2-12,15,24-25,28,36H,13-14,16-18,32H2,1H3,(H,33,38)/t24-,25+,28-/m0/s1. The van der Waals surface area contributed by atoms with E-state index in [2.05, 4.69) is 5.32 Å². The molecule has 2 saturated heterocycles. The minimum Gasteiger partial charge on any atom is -0.508 e. The van der Waals surface area contributed by atoms with Gasteiger partial charge in [-0.15, -0.1) is 0 Å². The molecule has 11 nitrogen and oxygen atoms in total. The number of aromatic hydroxyl groups is 1. The molecule has 2 fully saturated rings. The van der Waals surface area contributed by atoms with Gasteiger partial charge >= 0.3 is 0 Å². The maximum atomic E-state index is 14.0. The Hall–Kier alpha value is -4.55. The zero-order valence-electron chi connectivity index (χ0n) is 23.5. The highest BCUT2D eigenvalue weighted by Crippen LogP contribution is 2.32. The molecule has 3 atom stereocenters. The predicted octanol–water partition coefficient (Wildman–Crippen LogP) is 1.29. The van der Waals surface area contributed by atoms with Gasteiger partial charge in [0.15, 0.2) is 15.6 Å². The molecule has 224 valence electrons. The molecule has 0 saturated carbocycles. The van der Waals surface area contributed by atoms with Gasteiger partial charge in [0.05, 0.1) is 23.0 Å². The average molecular weight is 605 g/mol. The summed E-state index contributed by atoms with van der Waals surface area (Å²) >= 11 is 0. The van der Waals surface area contributed by atoms with Crippen molar-refractivity contribution in [2.24, 2.45) is 5.73 Å². The fourth-order valence-electron chi connectivity index (χ4n) is 5.81. The number of benzene rings is 3. The Labute approximate surface area is 249 Å². The first kappa shape index (κ1) is 29.9. The monoisotopic (exact) mass is 604 g/mol. The van der Waals surface area contributed by atoms with E-state index < -0.39 is 45.7 Å². The molecule has 0 bridgehead atoms. The summed E-state index contributed by atoms with van der Waals surface area (Å²) in [5.74, 6) is -1.86. The van der Waals surface area contributed by atoms with Crippen LogP contribution in [0.2, 0.25) is 0 Å². The van der Waals surface area contributed by atoms with E-state index in [0.29, 0.717) is 17.5 Å². The molecule has 3 amide bonds. The molecule has 0 radical (unpaired) electrons. The molecular formula is C31H32N4O7S. The predicted molar refractivity (Wildman–Crippen MR) is 157 cm³/mol. The number of carbonyl (C=O) groups is 4. The van der Waals surface area contributed by atoms with Crippen molar-refractivity contribution in [1.82, 2.24) is 15.1 Å². The van der Waals surface area contributed by atoms with Crippen LogP contribution in [0.5, 0.6) is 5.75 Å². The fourth-order valence-corrected chi connectivity index (χ4v) is 6.69. The lowest BCUT2D eigenvalue weighted by atomic mass is 10.0. The number of phenols is 1. The van der Waals surface area contributed by atoms with Gasteiger partial charge in [0.2, 0.25) is 5.91 Å². The van der Waals surface area contributed by atoms with Crippen LogP contribution in [-0.4, -0.2) is 84.3 Å². The zero-order chi connectivity index (χ0) is 30.9. The van der Waals surface area contributed by atoms with Crippen molar-refractivity contribution in [3.8, 4) is 5.75 Å². The van der Waals surface area contributed by atoms with Crippen LogP contribution in [0.15, 0.2) is 77.7 Å². The number of rotatable bonds is 8. The van der Waals surface area contributed by atoms with Gasteiger partial charge in [-0.05, 0) is 53.9 Å². The maximum Gasteiger partial charge on any atom is 0.255 e. The highest BCUT2D eigenvalue weighted by atomic mass is 32.2. The number of nitrogens with two attached hydrogens (primary N) is 1. The normalized spacial score (nSPS) is 18.8. The lowest BCUT2D eigenvalue weighted by Crippen LogP contribution is -2.53. The number of Topliss-reactive ketones (excluding diaryl/α,β-unsaturated/α-hetero) is 1. The summed E-state index contributed by atoms with van der Waals surface area (Å²) in [6, 6.07) is 16.2. The van der Waals surface area contributed by atoms with Gasteiger partial charge in [0.25, 0.3) is 11.8 Å². The largest absolute Gasteiger partial charge is 0.508 e. The number of hydrogen-bond donors (Lipinski definition) is 3. The summed E-state index contributed by atoms with van der Waals surface area (Å²) in [5, 5.41) is 12.5. The molecule has 43 heavy (non-hydrogen) atoms. The van der Waals surface area contributed by atoms with Gasteiger partial charge < -0.3 is 26.0 Å². The van der Waals surface area contributed by atoms with Gasteiger partial charge in [-0.1, -0.05) is 36.4 Å². The third-order valence-electron chi connectivity index (χ3n) is 7.89. The Morgan fingerprint density at radius 3 is 2.42 bits per heavy atom. The fraction of sp³-hybridized carbons (Fsp3) is 0.290. The molecule has 3 aromatic carbocycles. The van der Waals surface area contributed by atoms with Gasteiger partial charge in [-0.2, -0.15) is 0 Å². The van der Waals surface area contributed by atoms with E-state index >= 15 is 0 Å². The number of hydrogen-bond acceptors (Lipinski definition) is 8. The molecule has 2 heterocycles. The first-order valence-electron chi connectivity index (χ1n) is 13.8. The highest BCUT2D eigenvalue weighted by molar-refractivity contribution is 7.90. The third kappa shape index (κ3) is 6.15. The Morgan fingerprint density at radius 1 is 1.00 bits per heavy atom. The number of carbonyl (C=O) groups excluding carboxylic acids is 4. The van der Waals surface area contributed by atoms with Crippen molar-refractivity contribution >= 4 is 33.3 Å². The molecule has 3 aromatic rings. The molecule has 0 spiro atoms. The van der Waals surface area contributed by atoms with Gasteiger partial charge in [-0.3, -0.25) is 19.2 Å². The first-order chi connectivity index (χ1) is 20.5. The molecule has 0 unspecified atom stereocenters. The van der Waals surface area contributed by atoms with Gasteiger partial charge in [-0.25, -0.2) is 8.42 Å². The number of nitrogens with zero attached hydrogens (tertiary/aromatic N) is 2. The summed E-state index contributed by atoms with van der Waals surface area (Å²) < 4.78 is 24.7. The summed E-state index contributed by atoms with van der Waals surface area (Å²) in [6.45, 7) is 0.138.